The van der Waals surface area contributed by atoms with Crippen LogP contribution in [-0.4, -0.2) is 26.3 Å². The van der Waals surface area contributed by atoms with E-state index in [0.717, 1.165) is 18.4 Å². The van der Waals surface area contributed by atoms with Gasteiger partial charge in [-0.1, -0.05) is 18.2 Å². The molecule has 0 saturated carbocycles. The zero-order chi connectivity index (χ0) is 13.6. The molecule has 0 aromatic heterocycles. The number of sulfonamides is 1. The molecule has 1 aromatic rings. The molecule has 0 radical (unpaired) electrons. The van der Waals surface area contributed by atoms with Crippen LogP contribution in [0, 0.1) is 0 Å². The van der Waals surface area contributed by atoms with Gasteiger partial charge in [-0.2, -0.15) is 0 Å². The summed E-state index contributed by atoms with van der Waals surface area (Å²) < 4.78 is 25.5. The monoisotopic (exact) mass is 268 g/mol. The van der Waals surface area contributed by atoms with Gasteiger partial charge >= 0.3 is 0 Å². The third-order valence-electron chi connectivity index (χ3n) is 2.68. The molecular formula is C13H20N2O2S. The molecule has 0 bridgehead atoms. The zero-order valence-corrected chi connectivity index (χ0v) is 11.5. The van der Waals surface area contributed by atoms with Crippen molar-refractivity contribution in [3.8, 4) is 0 Å². The Morgan fingerprint density at radius 1 is 1.33 bits per heavy atom. The van der Waals surface area contributed by atoms with Gasteiger partial charge in [0.05, 0.1) is 5.75 Å². The van der Waals surface area contributed by atoms with Crippen molar-refractivity contribution in [2.45, 2.75) is 18.6 Å². The van der Waals surface area contributed by atoms with Crippen molar-refractivity contribution in [2.24, 2.45) is 0 Å². The highest BCUT2D eigenvalue weighted by Crippen LogP contribution is 2.12. The lowest BCUT2D eigenvalue weighted by Gasteiger charge is -2.16. The topological polar surface area (TPSA) is 63.4 Å². The molecule has 5 heteroatoms. The lowest BCUT2D eigenvalue weighted by molar-refractivity contribution is 0.462. The number of nitrogens with two attached hydrogens (primary N) is 1. The largest absolute Gasteiger partial charge is 0.399 e. The van der Waals surface area contributed by atoms with Gasteiger partial charge in [0.15, 0.2) is 0 Å². The second kappa shape index (κ2) is 6.56. The summed E-state index contributed by atoms with van der Waals surface area (Å²) in [6, 6.07) is 6.90. The number of nitrogens with zero attached hydrogens (tertiary/aromatic N) is 1. The summed E-state index contributed by atoms with van der Waals surface area (Å²) in [6.07, 6.45) is 3.41. The van der Waals surface area contributed by atoms with Gasteiger partial charge in [0.1, 0.15) is 0 Å². The Morgan fingerprint density at radius 2 is 1.94 bits per heavy atom. The quantitative estimate of drug-likeness (QED) is 0.467. The maximum atomic E-state index is 12.0. The number of unbranched alkanes of at least 4 members (excludes halogenated alkanes) is 1. The summed E-state index contributed by atoms with van der Waals surface area (Å²) in [6.45, 7) is 4.13. The van der Waals surface area contributed by atoms with Gasteiger partial charge in [-0.3, -0.25) is 0 Å². The van der Waals surface area contributed by atoms with Gasteiger partial charge in [-0.15, -0.1) is 6.58 Å². The molecule has 0 spiro atoms. The Hall–Kier alpha value is -1.33. The van der Waals surface area contributed by atoms with E-state index in [9.17, 15) is 8.42 Å². The molecule has 2 N–H and O–H groups in total. The van der Waals surface area contributed by atoms with Crippen molar-refractivity contribution in [3.05, 3.63) is 42.5 Å². The molecule has 0 fully saturated rings. The van der Waals surface area contributed by atoms with Gasteiger partial charge in [-0.25, -0.2) is 12.7 Å². The maximum Gasteiger partial charge on any atom is 0.218 e. The molecule has 18 heavy (non-hydrogen) atoms. The van der Waals surface area contributed by atoms with E-state index in [0.29, 0.717) is 12.2 Å². The summed E-state index contributed by atoms with van der Waals surface area (Å²) >= 11 is 0. The van der Waals surface area contributed by atoms with Gasteiger partial charge in [0, 0.05) is 19.3 Å². The summed E-state index contributed by atoms with van der Waals surface area (Å²) in [7, 11) is -1.64. The van der Waals surface area contributed by atoms with Crippen LogP contribution in [0.5, 0.6) is 0 Å². The SMILES string of the molecule is C=CCCCN(C)S(=O)(=O)Cc1ccc(N)cc1. The number of rotatable bonds is 7. The Bertz CT molecular complexity index is 480. The van der Waals surface area contributed by atoms with E-state index in [1.807, 2.05) is 0 Å². The van der Waals surface area contributed by atoms with E-state index in [2.05, 4.69) is 6.58 Å². The highest BCUT2D eigenvalue weighted by molar-refractivity contribution is 7.88. The van der Waals surface area contributed by atoms with Crippen molar-refractivity contribution in [1.29, 1.82) is 0 Å². The number of anilines is 1. The molecule has 0 aliphatic heterocycles. The molecule has 0 aliphatic carbocycles. The average Bonchev–Trinajstić information content (AvgIpc) is 2.32. The third kappa shape index (κ3) is 4.50. The fraction of sp³-hybridized carbons (Fsp3) is 0.385. The first-order valence-electron chi connectivity index (χ1n) is 5.85. The smallest absolute Gasteiger partial charge is 0.218 e. The Balaban J connectivity index is 2.63. The van der Waals surface area contributed by atoms with Gasteiger partial charge in [-0.05, 0) is 30.5 Å². The zero-order valence-electron chi connectivity index (χ0n) is 10.7. The van der Waals surface area contributed by atoms with Crippen LogP contribution in [0.25, 0.3) is 0 Å². The van der Waals surface area contributed by atoms with Gasteiger partial charge in [0.25, 0.3) is 0 Å². The van der Waals surface area contributed by atoms with Crippen LogP contribution in [0.4, 0.5) is 5.69 Å². The minimum Gasteiger partial charge on any atom is -0.399 e. The Kier molecular flexibility index (Phi) is 5.37. The highest BCUT2D eigenvalue weighted by atomic mass is 32.2. The lowest BCUT2D eigenvalue weighted by atomic mass is 10.2. The van der Waals surface area contributed by atoms with Crippen LogP contribution in [-0.2, 0) is 15.8 Å². The number of allylic oxidation sites excluding steroid dienone is 1. The van der Waals surface area contributed by atoms with Gasteiger partial charge < -0.3 is 5.73 Å². The van der Waals surface area contributed by atoms with Crippen molar-refractivity contribution in [1.82, 2.24) is 4.31 Å². The Morgan fingerprint density at radius 3 is 2.50 bits per heavy atom. The molecular weight excluding hydrogens is 248 g/mol. The molecule has 0 heterocycles. The van der Waals surface area contributed by atoms with Crippen molar-refractivity contribution in [2.75, 3.05) is 19.3 Å². The first-order chi connectivity index (χ1) is 8.45. The minimum absolute atomic E-state index is 0.0118. The fourth-order valence-corrected chi connectivity index (χ4v) is 2.77. The standard InChI is InChI=1S/C13H20N2O2S/c1-3-4-5-10-15(2)18(16,17)11-12-6-8-13(14)9-7-12/h3,6-9H,1,4-5,10-11,14H2,2H3. The molecule has 100 valence electrons. The predicted octanol–water partition coefficient (Wildman–Crippen LogP) is 2.00. The van der Waals surface area contributed by atoms with E-state index >= 15 is 0 Å². The van der Waals surface area contributed by atoms with Crippen LogP contribution >= 0.6 is 0 Å². The molecule has 0 atom stereocenters. The van der Waals surface area contributed by atoms with E-state index < -0.39 is 10.0 Å². The van der Waals surface area contributed by atoms with Crippen molar-refractivity contribution in [3.63, 3.8) is 0 Å². The van der Waals surface area contributed by atoms with Crippen LogP contribution in [0.2, 0.25) is 0 Å². The number of hydrogen-bond acceptors (Lipinski definition) is 3. The van der Waals surface area contributed by atoms with Gasteiger partial charge in [0.2, 0.25) is 10.0 Å². The number of hydrogen-bond donors (Lipinski definition) is 1. The molecule has 1 rings (SSSR count). The molecule has 0 aliphatic rings. The second-order valence-corrected chi connectivity index (χ2v) is 6.33. The normalized spacial score (nSPS) is 11.7. The van der Waals surface area contributed by atoms with E-state index in [1.165, 1.54) is 4.31 Å². The van der Waals surface area contributed by atoms with E-state index in [-0.39, 0.29) is 5.75 Å². The van der Waals surface area contributed by atoms with Crippen LogP contribution in [0.3, 0.4) is 0 Å². The Labute approximate surface area is 109 Å². The molecule has 0 amide bonds. The summed E-state index contributed by atoms with van der Waals surface area (Å²) in [5.41, 5.74) is 6.95. The first-order valence-corrected chi connectivity index (χ1v) is 7.46. The third-order valence-corrected chi connectivity index (χ3v) is 4.52. The lowest BCUT2D eigenvalue weighted by Crippen LogP contribution is -2.29. The average molecular weight is 268 g/mol. The number of benzene rings is 1. The van der Waals surface area contributed by atoms with E-state index in [1.54, 1.807) is 37.4 Å². The van der Waals surface area contributed by atoms with Crippen molar-refractivity contribution < 1.29 is 8.42 Å². The van der Waals surface area contributed by atoms with Crippen LogP contribution in [0.1, 0.15) is 18.4 Å². The molecule has 0 saturated heterocycles. The highest BCUT2D eigenvalue weighted by Gasteiger charge is 2.17. The molecule has 4 nitrogen and oxygen atoms in total. The second-order valence-electron chi connectivity index (χ2n) is 4.25. The van der Waals surface area contributed by atoms with Crippen LogP contribution in [0.15, 0.2) is 36.9 Å². The fourth-order valence-electron chi connectivity index (χ4n) is 1.53. The first kappa shape index (κ1) is 14.7. The molecule has 1 aromatic carbocycles. The summed E-state index contributed by atoms with van der Waals surface area (Å²) in [4.78, 5) is 0. The summed E-state index contributed by atoms with van der Waals surface area (Å²) in [5, 5.41) is 0. The predicted molar refractivity (Wildman–Crippen MR) is 75.5 cm³/mol. The molecule has 0 unspecified atom stereocenters. The van der Waals surface area contributed by atoms with E-state index in [4.69, 9.17) is 5.73 Å². The number of nitrogen functional groups attached to an aromatic ring is 1. The maximum absolute atomic E-state index is 12.0. The summed E-state index contributed by atoms with van der Waals surface area (Å²) in [5.74, 6) is 0.0118. The minimum atomic E-state index is -3.25. The van der Waals surface area contributed by atoms with Crippen molar-refractivity contribution >= 4 is 15.7 Å². The van der Waals surface area contributed by atoms with Crippen LogP contribution < -0.4 is 5.73 Å².